The molecule has 0 unspecified atom stereocenters. The van der Waals surface area contributed by atoms with E-state index in [1.54, 1.807) is 29.4 Å². The number of carbonyl (C=O) groups excluding carboxylic acids is 1. The van der Waals surface area contributed by atoms with Crippen molar-refractivity contribution >= 4 is 5.91 Å². The molecule has 14 heavy (non-hydrogen) atoms. The standard InChI is InChI=1S/C10H12N2O2/c13-10(9-3-1-4-11-7-9)12-5-2-6-14-8-12/h1,3-4,7H,2,5-6,8H2. The highest BCUT2D eigenvalue weighted by molar-refractivity contribution is 5.93. The molecule has 74 valence electrons. The lowest BCUT2D eigenvalue weighted by molar-refractivity contribution is -0.00573. The molecule has 0 spiro atoms. The Labute approximate surface area is 82.5 Å². The fourth-order valence-electron chi connectivity index (χ4n) is 1.43. The summed E-state index contributed by atoms with van der Waals surface area (Å²) in [5.41, 5.74) is 0.623. The number of hydrogen-bond acceptors (Lipinski definition) is 3. The lowest BCUT2D eigenvalue weighted by atomic mass is 10.2. The Bertz CT molecular complexity index is 307. The predicted octanol–water partition coefficient (Wildman–Crippen LogP) is 0.902. The number of hydrogen-bond donors (Lipinski definition) is 0. The molecule has 0 N–H and O–H groups in total. The summed E-state index contributed by atoms with van der Waals surface area (Å²) in [6.07, 6.45) is 4.15. The Morgan fingerprint density at radius 1 is 1.57 bits per heavy atom. The quantitative estimate of drug-likeness (QED) is 0.664. The molecule has 1 aromatic heterocycles. The summed E-state index contributed by atoms with van der Waals surface area (Å²) in [5.74, 6) is -0.00204. The molecular weight excluding hydrogens is 180 g/mol. The molecule has 1 fully saturated rings. The van der Waals surface area contributed by atoms with Crippen LogP contribution in [0.4, 0.5) is 0 Å². The highest BCUT2D eigenvalue weighted by Gasteiger charge is 2.17. The van der Waals surface area contributed by atoms with Gasteiger partial charge in [-0.25, -0.2) is 0 Å². The van der Waals surface area contributed by atoms with E-state index in [4.69, 9.17) is 4.74 Å². The molecule has 0 aromatic carbocycles. The second kappa shape index (κ2) is 4.19. The van der Waals surface area contributed by atoms with Crippen molar-refractivity contribution in [3.8, 4) is 0 Å². The number of aromatic nitrogens is 1. The highest BCUT2D eigenvalue weighted by atomic mass is 16.5. The first kappa shape index (κ1) is 9.15. The first-order chi connectivity index (χ1) is 6.88. The van der Waals surface area contributed by atoms with Gasteiger partial charge in [-0.15, -0.1) is 0 Å². The predicted molar refractivity (Wildman–Crippen MR) is 50.7 cm³/mol. The van der Waals surface area contributed by atoms with Gasteiger partial charge in [-0.3, -0.25) is 9.78 Å². The second-order valence-corrected chi connectivity index (χ2v) is 3.20. The maximum absolute atomic E-state index is 11.8. The molecule has 2 rings (SSSR count). The van der Waals surface area contributed by atoms with Crippen molar-refractivity contribution in [2.24, 2.45) is 0 Å². The Hall–Kier alpha value is -1.42. The van der Waals surface area contributed by atoms with Gasteiger partial charge in [0.2, 0.25) is 0 Å². The van der Waals surface area contributed by atoms with Crippen molar-refractivity contribution in [3.05, 3.63) is 30.1 Å². The third-order valence-electron chi connectivity index (χ3n) is 2.16. The van der Waals surface area contributed by atoms with Gasteiger partial charge in [0, 0.05) is 18.9 Å². The molecule has 2 heterocycles. The monoisotopic (exact) mass is 192 g/mol. The zero-order valence-electron chi connectivity index (χ0n) is 7.85. The molecule has 1 saturated heterocycles. The van der Waals surface area contributed by atoms with E-state index in [0.717, 1.165) is 19.6 Å². The van der Waals surface area contributed by atoms with Gasteiger partial charge in [0.25, 0.3) is 5.91 Å². The number of rotatable bonds is 1. The average Bonchev–Trinajstić information content (AvgIpc) is 2.30. The fraction of sp³-hybridized carbons (Fsp3) is 0.400. The Morgan fingerprint density at radius 2 is 2.50 bits per heavy atom. The molecule has 1 amide bonds. The van der Waals surface area contributed by atoms with Crippen LogP contribution in [0.15, 0.2) is 24.5 Å². The lowest BCUT2D eigenvalue weighted by Gasteiger charge is -2.26. The number of pyridine rings is 1. The van der Waals surface area contributed by atoms with Crippen LogP contribution in [-0.2, 0) is 4.74 Å². The van der Waals surface area contributed by atoms with Crippen LogP contribution in [0, 0.1) is 0 Å². The topological polar surface area (TPSA) is 42.4 Å². The molecule has 0 radical (unpaired) electrons. The maximum atomic E-state index is 11.8. The molecule has 1 aromatic rings. The van der Waals surface area contributed by atoms with Crippen LogP contribution in [0.2, 0.25) is 0 Å². The summed E-state index contributed by atoms with van der Waals surface area (Å²) >= 11 is 0. The first-order valence-corrected chi connectivity index (χ1v) is 4.65. The normalized spacial score (nSPS) is 16.7. The van der Waals surface area contributed by atoms with Crippen LogP contribution in [0.3, 0.4) is 0 Å². The van der Waals surface area contributed by atoms with Gasteiger partial charge in [-0.05, 0) is 18.6 Å². The summed E-state index contributed by atoms with van der Waals surface area (Å²) in [6, 6.07) is 3.53. The number of carbonyl (C=O) groups is 1. The summed E-state index contributed by atoms with van der Waals surface area (Å²) in [4.78, 5) is 17.4. The van der Waals surface area contributed by atoms with Gasteiger partial charge in [-0.2, -0.15) is 0 Å². The molecule has 0 bridgehead atoms. The van der Waals surface area contributed by atoms with Crippen molar-refractivity contribution < 1.29 is 9.53 Å². The van der Waals surface area contributed by atoms with Crippen LogP contribution in [0.5, 0.6) is 0 Å². The molecule has 4 heteroatoms. The van der Waals surface area contributed by atoms with Crippen molar-refractivity contribution in [3.63, 3.8) is 0 Å². The van der Waals surface area contributed by atoms with Crippen molar-refractivity contribution in [1.29, 1.82) is 0 Å². The van der Waals surface area contributed by atoms with E-state index in [-0.39, 0.29) is 5.91 Å². The maximum Gasteiger partial charge on any atom is 0.257 e. The van der Waals surface area contributed by atoms with Crippen LogP contribution in [0.25, 0.3) is 0 Å². The van der Waals surface area contributed by atoms with E-state index in [0.29, 0.717) is 12.3 Å². The van der Waals surface area contributed by atoms with Crippen LogP contribution in [-0.4, -0.2) is 35.7 Å². The van der Waals surface area contributed by atoms with Crippen LogP contribution < -0.4 is 0 Å². The lowest BCUT2D eigenvalue weighted by Crippen LogP contribution is -2.38. The van der Waals surface area contributed by atoms with E-state index in [1.165, 1.54) is 0 Å². The summed E-state index contributed by atoms with van der Waals surface area (Å²) in [6.45, 7) is 1.91. The van der Waals surface area contributed by atoms with E-state index in [9.17, 15) is 4.79 Å². The molecule has 0 atom stereocenters. The third-order valence-corrected chi connectivity index (χ3v) is 2.16. The molecule has 4 nitrogen and oxygen atoms in total. The Morgan fingerprint density at radius 3 is 3.14 bits per heavy atom. The molecule has 0 saturated carbocycles. The zero-order valence-corrected chi connectivity index (χ0v) is 7.85. The third kappa shape index (κ3) is 1.90. The summed E-state index contributed by atoms with van der Waals surface area (Å²) < 4.78 is 5.21. The van der Waals surface area contributed by atoms with Crippen molar-refractivity contribution in [2.45, 2.75) is 6.42 Å². The van der Waals surface area contributed by atoms with E-state index in [2.05, 4.69) is 4.98 Å². The minimum Gasteiger partial charge on any atom is -0.361 e. The minimum atomic E-state index is -0.00204. The number of amides is 1. The minimum absolute atomic E-state index is 0.00204. The van der Waals surface area contributed by atoms with Gasteiger partial charge in [0.05, 0.1) is 12.2 Å². The van der Waals surface area contributed by atoms with Crippen LogP contribution >= 0.6 is 0 Å². The fourth-order valence-corrected chi connectivity index (χ4v) is 1.43. The van der Waals surface area contributed by atoms with E-state index >= 15 is 0 Å². The largest absolute Gasteiger partial charge is 0.361 e. The molecule has 1 aliphatic heterocycles. The first-order valence-electron chi connectivity index (χ1n) is 4.65. The van der Waals surface area contributed by atoms with E-state index in [1.807, 2.05) is 0 Å². The van der Waals surface area contributed by atoms with Gasteiger partial charge < -0.3 is 9.64 Å². The highest BCUT2D eigenvalue weighted by Crippen LogP contribution is 2.07. The van der Waals surface area contributed by atoms with E-state index < -0.39 is 0 Å². The summed E-state index contributed by atoms with van der Waals surface area (Å²) in [7, 11) is 0. The molecular formula is C10H12N2O2. The van der Waals surface area contributed by atoms with Gasteiger partial charge in [0.1, 0.15) is 6.73 Å². The molecule has 0 aliphatic carbocycles. The van der Waals surface area contributed by atoms with Gasteiger partial charge in [-0.1, -0.05) is 0 Å². The second-order valence-electron chi connectivity index (χ2n) is 3.20. The zero-order chi connectivity index (χ0) is 9.80. The van der Waals surface area contributed by atoms with Crippen LogP contribution in [0.1, 0.15) is 16.8 Å². The van der Waals surface area contributed by atoms with Crippen molar-refractivity contribution in [1.82, 2.24) is 9.88 Å². The Balaban J connectivity index is 2.07. The van der Waals surface area contributed by atoms with Gasteiger partial charge in [0.15, 0.2) is 0 Å². The SMILES string of the molecule is O=C(c1cccnc1)N1CCCOC1. The number of ether oxygens (including phenoxy) is 1. The summed E-state index contributed by atoms with van der Waals surface area (Å²) in [5, 5.41) is 0. The Kier molecular flexibility index (Phi) is 2.74. The van der Waals surface area contributed by atoms with Gasteiger partial charge >= 0.3 is 0 Å². The number of nitrogens with zero attached hydrogens (tertiary/aromatic N) is 2. The average molecular weight is 192 g/mol. The molecule has 1 aliphatic rings. The smallest absolute Gasteiger partial charge is 0.257 e. The van der Waals surface area contributed by atoms with Crippen molar-refractivity contribution in [2.75, 3.05) is 19.9 Å².